The maximum absolute atomic E-state index is 11.0. The van der Waals surface area contributed by atoms with Crippen molar-refractivity contribution >= 4 is 20.9 Å². The van der Waals surface area contributed by atoms with E-state index >= 15 is 0 Å². The molecule has 0 fully saturated rings. The Morgan fingerprint density at radius 2 is 1.68 bits per heavy atom. The summed E-state index contributed by atoms with van der Waals surface area (Å²) in [5.74, 6) is 0.618. The third-order valence-corrected chi connectivity index (χ3v) is 3.64. The van der Waals surface area contributed by atoms with Crippen molar-refractivity contribution in [3.05, 3.63) is 36.4 Å². The molecular weight excluding hydrogens is 319 g/mol. The van der Waals surface area contributed by atoms with Gasteiger partial charge in [0.15, 0.2) is 0 Å². The molecule has 0 spiro atoms. The first-order chi connectivity index (χ1) is 10.0. The van der Waals surface area contributed by atoms with Gasteiger partial charge < -0.3 is 19.1 Å². The summed E-state index contributed by atoms with van der Waals surface area (Å²) in [5.41, 5.74) is 0. The average molecular weight is 334 g/mol. The van der Waals surface area contributed by atoms with Crippen LogP contribution < -0.4 is 34.3 Å². The third-order valence-electron chi connectivity index (χ3n) is 2.80. The van der Waals surface area contributed by atoms with E-state index < -0.39 is 10.1 Å². The van der Waals surface area contributed by atoms with Crippen LogP contribution in [-0.4, -0.2) is 44.5 Å². The van der Waals surface area contributed by atoms with Gasteiger partial charge in [-0.25, -0.2) is 8.42 Å². The van der Waals surface area contributed by atoms with Gasteiger partial charge in [-0.2, -0.15) is 0 Å². The van der Waals surface area contributed by atoms with E-state index in [1.165, 1.54) is 12.1 Å². The average Bonchev–Trinajstić information content (AvgIpc) is 2.45. The molecule has 0 saturated carbocycles. The van der Waals surface area contributed by atoms with Crippen molar-refractivity contribution in [2.75, 3.05) is 26.4 Å². The van der Waals surface area contributed by atoms with Crippen molar-refractivity contribution in [2.45, 2.75) is 4.90 Å². The van der Waals surface area contributed by atoms with E-state index in [0.29, 0.717) is 24.3 Å². The second-order valence-electron chi connectivity index (χ2n) is 4.31. The van der Waals surface area contributed by atoms with Crippen molar-refractivity contribution in [3.8, 4) is 5.75 Å². The summed E-state index contributed by atoms with van der Waals surface area (Å²) in [5, 5.41) is 9.97. The van der Waals surface area contributed by atoms with Crippen LogP contribution in [0.1, 0.15) is 0 Å². The molecule has 0 unspecified atom stereocenters. The number of hydrogen-bond acceptors (Lipinski definition) is 6. The molecule has 0 aliphatic rings. The summed E-state index contributed by atoms with van der Waals surface area (Å²) < 4.78 is 43.4. The molecule has 0 atom stereocenters. The van der Waals surface area contributed by atoms with E-state index in [9.17, 15) is 13.0 Å². The first-order valence-electron chi connectivity index (χ1n) is 6.32. The largest absolute Gasteiger partial charge is 1.00 e. The Morgan fingerprint density at radius 1 is 1.00 bits per heavy atom. The van der Waals surface area contributed by atoms with Gasteiger partial charge in [0.1, 0.15) is 22.5 Å². The molecule has 0 aliphatic carbocycles. The molecule has 0 amide bonds. The molecule has 0 bridgehead atoms. The molecule has 6 nitrogen and oxygen atoms in total. The summed E-state index contributed by atoms with van der Waals surface area (Å²) in [6.45, 7) is 0.957. The van der Waals surface area contributed by atoms with Crippen LogP contribution in [0.2, 0.25) is 0 Å². The van der Waals surface area contributed by atoms with Crippen molar-refractivity contribution < 1.29 is 57.1 Å². The summed E-state index contributed by atoms with van der Waals surface area (Å²) in [7, 11) is -4.45. The zero-order chi connectivity index (χ0) is 15.3. The summed E-state index contributed by atoms with van der Waals surface area (Å²) in [4.78, 5) is -0.249. The Bertz CT molecular complexity index is 716. The van der Waals surface area contributed by atoms with Gasteiger partial charge in [-0.1, -0.05) is 12.1 Å². The van der Waals surface area contributed by atoms with Gasteiger partial charge in [0.05, 0.1) is 24.7 Å². The second-order valence-corrected chi connectivity index (χ2v) is 5.69. The van der Waals surface area contributed by atoms with Crippen molar-refractivity contribution in [1.29, 1.82) is 0 Å². The van der Waals surface area contributed by atoms with Crippen LogP contribution >= 0.6 is 0 Å². The van der Waals surface area contributed by atoms with Crippen LogP contribution in [0.3, 0.4) is 0 Å². The molecule has 0 radical (unpaired) electrons. The number of rotatable bonds is 7. The van der Waals surface area contributed by atoms with Gasteiger partial charge in [-0.15, -0.1) is 0 Å². The van der Waals surface area contributed by atoms with Gasteiger partial charge in [0, 0.05) is 0 Å². The molecule has 2 rings (SSSR count). The smallest absolute Gasteiger partial charge is 0.744 e. The first kappa shape index (κ1) is 19.4. The molecule has 8 heteroatoms. The van der Waals surface area contributed by atoms with Gasteiger partial charge in [-0.05, 0) is 35.0 Å². The predicted molar refractivity (Wildman–Crippen MR) is 75.3 cm³/mol. The fraction of sp³-hybridized carbons (Fsp3) is 0.286. The number of fused-ring (bicyclic) bond motifs is 1. The van der Waals surface area contributed by atoms with Crippen LogP contribution in [-0.2, 0) is 14.9 Å². The molecule has 2 aromatic rings. The van der Waals surface area contributed by atoms with Crippen LogP contribution in [0.25, 0.3) is 10.8 Å². The summed E-state index contributed by atoms with van der Waals surface area (Å²) in [6.07, 6.45) is 0. The number of aliphatic hydroxyl groups is 1. The zero-order valence-electron chi connectivity index (χ0n) is 12.2. The maximum atomic E-state index is 11.0. The predicted octanol–water partition coefficient (Wildman–Crippen LogP) is -1.86. The Labute approximate surface area is 151 Å². The maximum Gasteiger partial charge on any atom is 1.00 e. The topological polar surface area (TPSA) is 95.9 Å². The third kappa shape index (κ3) is 5.51. The van der Waals surface area contributed by atoms with E-state index in [0.717, 1.165) is 5.39 Å². The molecule has 22 heavy (non-hydrogen) atoms. The number of aliphatic hydroxyl groups excluding tert-OH is 1. The van der Waals surface area contributed by atoms with Gasteiger partial charge in [0.25, 0.3) is 0 Å². The van der Waals surface area contributed by atoms with E-state index in [2.05, 4.69) is 0 Å². The van der Waals surface area contributed by atoms with E-state index in [-0.39, 0.29) is 47.7 Å². The van der Waals surface area contributed by atoms with Crippen molar-refractivity contribution in [3.63, 3.8) is 0 Å². The van der Waals surface area contributed by atoms with Gasteiger partial charge in [0.2, 0.25) is 0 Å². The summed E-state index contributed by atoms with van der Waals surface area (Å²) >= 11 is 0. The minimum atomic E-state index is -4.45. The molecule has 2 aromatic carbocycles. The molecule has 1 N–H and O–H groups in total. The fourth-order valence-corrected chi connectivity index (χ4v) is 2.34. The van der Waals surface area contributed by atoms with Crippen molar-refractivity contribution in [1.82, 2.24) is 0 Å². The normalized spacial score (nSPS) is 11.2. The minimum Gasteiger partial charge on any atom is -0.744 e. The number of benzene rings is 2. The Hall–Kier alpha value is -0.670. The zero-order valence-corrected chi connectivity index (χ0v) is 15.0. The Balaban J connectivity index is 0.00000242. The first-order valence-corrected chi connectivity index (χ1v) is 7.72. The summed E-state index contributed by atoms with van der Waals surface area (Å²) in [6, 6.07) is 9.31. The van der Waals surface area contributed by atoms with E-state index in [1.54, 1.807) is 24.3 Å². The van der Waals surface area contributed by atoms with E-state index in [1.807, 2.05) is 0 Å². The molecule has 0 saturated heterocycles. The van der Waals surface area contributed by atoms with Gasteiger partial charge >= 0.3 is 29.6 Å². The van der Waals surface area contributed by atoms with Crippen LogP contribution in [0, 0.1) is 0 Å². The monoisotopic (exact) mass is 334 g/mol. The quantitative estimate of drug-likeness (QED) is 0.362. The SMILES string of the molecule is O=S(=O)([O-])c1ccc2cc(OCCOCCO)ccc2c1.[Na+]. The molecule has 0 aromatic heterocycles. The molecule has 114 valence electrons. The Morgan fingerprint density at radius 3 is 2.36 bits per heavy atom. The fourth-order valence-electron chi connectivity index (χ4n) is 1.83. The standard InChI is InChI=1S/C14H16O6S.Na/c15-5-6-19-7-8-20-13-3-1-12-10-14(21(16,17)18)4-2-11(12)9-13;/h1-4,9-10,15H,5-8H2,(H,16,17,18);/q;+1/p-1. The number of ether oxygens (including phenoxy) is 2. The molecule has 0 heterocycles. The van der Waals surface area contributed by atoms with E-state index in [4.69, 9.17) is 14.6 Å². The molecular formula is C14H15NaO6S. The Kier molecular flexibility index (Phi) is 7.78. The number of hydrogen-bond donors (Lipinski definition) is 1. The minimum absolute atomic E-state index is 0. The van der Waals surface area contributed by atoms with Crippen molar-refractivity contribution in [2.24, 2.45) is 0 Å². The van der Waals surface area contributed by atoms with Crippen LogP contribution in [0.15, 0.2) is 41.3 Å². The van der Waals surface area contributed by atoms with Crippen LogP contribution in [0.4, 0.5) is 0 Å². The molecule has 0 aliphatic heterocycles. The second kappa shape index (κ2) is 8.83. The van der Waals surface area contributed by atoms with Crippen LogP contribution in [0.5, 0.6) is 5.75 Å². The van der Waals surface area contributed by atoms with Gasteiger partial charge in [-0.3, -0.25) is 0 Å².